The van der Waals surface area contributed by atoms with Crippen molar-refractivity contribution in [2.75, 3.05) is 6.54 Å². The van der Waals surface area contributed by atoms with Gasteiger partial charge >= 0.3 is 0 Å². The van der Waals surface area contributed by atoms with Crippen LogP contribution in [0.15, 0.2) is 10.3 Å². The van der Waals surface area contributed by atoms with Crippen molar-refractivity contribution in [1.29, 1.82) is 0 Å². The van der Waals surface area contributed by atoms with E-state index in [2.05, 4.69) is 23.9 Å². The molecule has 1 aromatic rings. The molecule has 1 aromatic heterocycles. The first-order valence-electron chi connectivity index (χ1n) is 7.80. The number of rotatable bonds is 9. The van der Waals surface area contributed by atoms with E-state index in [1.165, 1.54) is 11.3 Å². The molecule has 0 saturated heterocycles. The summed E-state index contributed by atoms with van der Waals surface area (Å²) >= 11 is 1.39. The van der Waals surface area contributed by atoms with Gasteiger partial charge in [-0.25, -0.2) is 13.1 Å². The summed E-state index contributed by atoms with van der Waals surface area (Å²) in [4.78, 5) is 1.12. The van der Waals surface area contributed by atoms with Gasteiger partial charge in [-0.05, 0) is 50.3 Å². The van der Waals surface area contributed by atoms with Crippen molar-refractivity contribution in [3.05, 3.63) is 16.5 Å². The lowest BCUT2D eigenvalue weighted by Gasteiger charge is -2.04. The predicted molar refractivity (Wildman–Crippen MR) is 88.2 cm³/mol. The molecule has 0 aromatic carbocycles. The lowest BCUT2D eigenvalue weighted by atomic mass is 10.2. The van der Waals surface area contributed by atoms with Gasteiger partial charge in [0, 0.05) is 17.5 Å². The highest BCUT2D eigenvalue weighted by Gasteiger charge is 2.39. The van der Waals surface area contributed by atoms with Crippen LogP contribution in [0.1, 0.15) is 50.0 Å². The van der Waals surface area contributed by atoms with Crippen LogP contribution >= 0.6 is 11.3 Å². The van der Waals surface area contributed by atoms with E-state index < -0.39 is 10.0 Å². The normalized spacial score (nSPS) is 21.7. The largest absolute Gasteiger partial charge is 0.312 e. The molecule has 4 nitrogen and oxygen atoms in total. The number of nitrogens with one attached hydrogen (secondary N) is 2. The van der Waals surface area contributed by atoms with E-state index in [9.17, 15) is 8.42 Å². The van der Waals surface area contributed by atoms with Gasteiger partial charge in [-0.3, -0.25) is 0 Å². The summed E-state index contributed by atoms with van der Waals surface area (Å²) in [5.74, 6) is 0.538. The zero-order valence-corrected chi connectivity index (χ0v) is 14.7. The molecule has 21 heavy (non-hydrogen) atoms. The molecule has 2 atom stereocenters. The monoisotopic (exact) mass is 330 g/mol. The Labute approximate surface area is 132 Å². The summed E-state index contributed by atoms with van der Waals surface area (Å²) in [6, 6.07) is 1.95. The Bertz CT molecular complexity index is 566. The molecule has 120 valence electrons. The fourth-order valence-corrected chi connectivity index (χ4v) is 5.41. The van der Waals surface area contributed by atoms with Gasteiger partial charge in [-0.15, -0.1) is 11.3 Å². The summed E-state index contributed by atoms with van der Waals surface area (Å²) in [7, 11) is -3.34. The van der Waals surface area contributed by atoms with Crippen molar-refractivity contribution in [2.45, 2.75) is 63.3 Å². The van der Waals surface area contributed by atoms with Crippen molar-refractivity contribution in [3.63, 3.8) is 0 Å². The highest BCUT2D eigenvalue weighted by molar-refractivity contribution is 7.91. The van der Waals surface area contributed by atoms with Gasteiger partial charge < -0.3 is 5.32 Å². The molecular weight excluding hydrogens is 304 g/mol. The zero-order valence-electron chi connectivity index (χ0n) is 13.1. The van der Waals surface area contributed by atoms with E-state index >= 15 is 0 Å². The SMILES string of the molecule is CCCNCc1sc(S(=O)(=O)NC2CC2CCC)cc1C. The fraction of sp³-hybridized carbons (Fsp3) is 0.733. The molecule has 0 spiro atoms. The van der Waals surface area contributed by atoms with Gasteiger partial charge in [0.2, 0.25) is 10.0 Å². The third-order valence-corrected chi connectivity index (χ3v) is 7.06. The third kappa shape index (κ3) is 4.52. The lowest BCUT2D eigenvalue weighted by molar-refractivity contribution is 0.575. The molecular formula is C15H26N2O2S2. The summed E-state index contributed by atoms with van der Waals surface area (Å²) < 4.78 is 28.1. The van der Waals surface area contributed by atoms with E-state index in [4.69, 9.17) is 0 Å². The van der Waals surface area contributed by atoms with Crippen LogP contribution in [0.5, 0.6) is 0 Å². The summed E-state index contributed by atoms with van der Waals surface area (Å²) in [6.45, 7) is 7.95. The number of aryl methyl sites for hydroxylation is 1. The Morgan fingerprint density at radius 2 is 2.10 bits per heavy atom. The van der Waals surface area contributed by atoms with E-state index in [0.717, 1.165) is 49.2 Å². The Hall–Kier alpha value is -0.430. The molecule has 0 aliphatic heterocycles. The average Bonchev–Trinajstić information content (AvgIpc) is 3.01. The summed E-state index contributed by atoms with van der Waals surface area (Å²) in [6.07, 6.45) is 4.30. The Balaban J connectivity index is 1.98. The predicted octanol–water partition coefficient (Wildman–Crippen LogP) is 3.02. The van der Waals surface area contributed by atoms with Crippen molar-refractivity contribution >= 4 is 21.4 Å². The van der Waals surface area contributed by atoms with Crippen LogP contribution in [0.4, 0.5) is 0 Å². The molecule has 6 heteroatoms. The van der Waals surface area contributed by atoms with Gasteiger partial charge in [0.15, 0.2) is 0 Å². The average molecular weight is 331 g/mol. The molecule has 1 aliphatic rings. The molecule has 1 fully saturated rings. The standard InChI is InChI=1S/C15H26N2O2S2/c1-4-6-12-9-13(12)17-21(18,19)15-8-11(3)14(20-15)10-16-7-5-2/h8,12-13,16-17H,4-7,9-10H2,1-3H3. The van der Waals surface area contributed by atoms with Crippen LogP contribution < -0.4 is 10.0 Å². The number of hydrogen-bond acceptors (Lipinski definition) is 4. The molecule has 2 unspecified atom stereocenters. The fourth-order valence-electron chi connectivity index (χ4n) is 2.51. The van der Waals surface area contributed by atoms with Crippen LogP contribution in [0.3, 0.4) is 0 Å². The minimum Gasteiger partial charge on any atom is -0.312 e. The smallest absolute Gasteiger partial charge is 0.250 e. The first kappa shape index (κ1) is 16.9. The minimum atomic E-state index is -3.34. The van der Waals surface area contributed by atoms with Gasteiger partial charge in [-0.2, -0.15) is 0 Å². The van der Waals surface area contributed by atoms with Crippen LogP contribution in [0.25, 0.3) is 0 Å². The Morgan fingerprint density at radius 1 is 1.33 bits per heavy atom. The van der Waals surface area contributed by atoms with Crippen LogP contribution in [0.2, 0.25) is 0 Å². The quantitative estimate of drug-likeness (QED) is 0.684. The maximum atomic E-state index is 12.4. The maximum Gasteiger partial charge on any atom is 0.250 e. The molecule has 0 radical (unpaired) electrons. The van der Waals surface area contributed by atoms with Gasteiger partial charge in [0.05, 0.1) is 0 Å². The van der Waals surface area contributed by atoms with Gasteiger partial charge in [0.25, 0.3) is 0 Å². The summed E-state index contributed by atoms with van der Waals surface area (Å²) in [5, 5.41) is 3.33. The highest BCUT2D eigenvalue weighted by Crippen LogP contribution is 2.36. The first-order chi connectivity index (χ1) is 9.97. The topological polar surface area (TPSA) is 58.2 Å². The van der Waals surface area contributed by atoms with Crippen molar-refractivity contribution in [2.24, 2.45) is 5.92 Å². The lowest BCUT2D eigenvalue weighted by Crippen LogP contribution is -2.26. The second kappa shape index (κ2) is 7.22. The highest BCUT2D eigenvalue weighted by atomic mass is 32.2. The van der Waals surface area contributed by atoms with Crippen LogP contribution in [-0.2, 0) is 16.6 Å². The van der Waals surface area contributed by atoms with E-state index in [-0.39, 0.29) is 6.04 Å². The third-order valence-electron chi connectivity index (χ3n) is 3.86. The Morgan fingerprint density at radius 3 is 2.76 bits per heavy atom. The Kier molecular flexibility index (Phi) is 5.82. The molecule has 1 aliphatic carbocycles. The van der Waals surface area contributed by atoms with Crippen molar-refractivity contribution in [3.8, 4) is 0 Å². The second-order valence-electron chi connectivity index (χ2n) is 5.86. The van der Waals surface area contributed by atoms with E-state index in [1.807, 2.05) is 6.92 Å². The minimum absolute atomic E-state index is 0.152. The molecule has 1 heterocycles. The molecule has 2 rings (SSSR count). The number of hydrogen-bond donors (Lipinski definition) is 2. The van der Waals surface area contributed by atoms with E-state index in [0.29, 0.717) is 10.1 Å². The number of sulfonamides is 1. The molecule has 1 saturated carbocycles. The summed E-state index contributed by atoms with van der Waals surface area (Å²) in [5.41, 5.74) is 1.06. The molecule has 2 N–H and O–H groups in total. The zero-order chi connectivity index (χ0) is 15.5. The van der Waals surface area contributed by atoms with Gasteiger partial charge in [0.1, 0.15) is 4.21 Å². The maximum absolute atomic E-state index is 12.4. The first-order valence-corrected chi connectivity index (χ1v) is 10.1. The van der Waals surface area contributed by atoms with Crippen LogP contribution in [-0.4, -0.2) is 21.0 Å². The van der Waals surface area contributed by atoms with Gasteiger partial charge in [-0.1, -0.05) is 20.3 Å². The van der Waals surface area contributed by atoms with Crippen molar-refractivity contribution in [1.82, 2.24) is 10.0 Å². The van der Waals surface area contributed by atoms with Crippen LogP contribution in [0, 0.1) is 12.8 Å². The molecule has 0 bridgehead atoms. The number of thiophene rings is 1. The van der Waals surface area contributed by atoms with Crippen molar-refractivity contribution < 1.29 is 8.42 Å². The van der Waals surface area contributed by atoms with E-state index in [1.54, 1.807) is 6.07 Å². The molecule has 0 amide bonds. The second-order valence-corrected chi connectivity index (χ2v) is 8.94.